The Morgan fingerprint density at radius 1 is 1.40 bits per heavy atom. The number of hydrogen-bond donors (Lipinski definition) is 0. The van der Waals surface area contributed by atoms with E-state index in [-0.39, 0.29) is 0 Å². The van der Waals surface area contributed by atoms with Crippen LogP contribution in [-0.2, 0) is 0 Å². The van der Waals surface area contributed by atoms with Gasteiger partial charge in [-0.3, -0.25) is 0 Å². The fraction of sp³-hybridized carbons (Fsp3) is 0.600. The molecule has 0 aliphatic rings. The van der Waals surface area contributed by atoms with Crippen molar-refractivity contribution < 1.29 is 0 Å². The maximum atomic E-state index is 5.99. The van der Waals surface area contributed by atoms with E-state index < -0.39 is 0 Å². The summed E-state index contributed by atoms with van der Waals surface area (Å²) < 4.78 is 0. The van der Waals surface area contributed by atoms with Crippen molar-refractivity contribution >= 4 is 33.3 Å². The van der Waals surface area contributed by atoms with Gasteiger partial charge in [0, 0.05) is 18.9 Å². The summed E-state index contributed by atoms with van der Waals surface area (Å²) in [5, 5.41) is 1.69. The molecule has 0 aromatic carbocycles. The number of alkyl halides is 1. The van der Waals surface area contributed by atoms with Gasteiger partial charge in [-0.15, -0.1) is 0 Å². The molecule has 0 N–H and O–H groups in total. The predicted octanol–water partition coefficient (Wildman–Crippen LogP) is 3.13. The third-order valence-corrected chi connectivity index (χ3v) is 2.96. The Balaban J connectivity index is 2.40. The first-order chi connectivity index (χ1) is 7.25. The molecule has 0 saturated carbocycles. The topological polar surface area (TPSA) is 29.0 Å². The van der Waals surface area contributed by atoms with E-state index in [1.54, 1.807) is 6.20 Å². The first-order valence-corrected chi connectivity index (χ1v) is 6.48. The molecule has 0 unspecified atom stereocenters. The zero-order valence-electron chi connectivity index (χ0n) is 8.79. The Kier molecular flexibility index (Phi) is 5.95. The fourth-order valence-electron chi connectivity index (χ4n) is 1.31. The van der Waals surface area contributed by atoms with Crippen LogP contribution in [0.1, 0.15) is 19.3 Å². The Hall–Kier alpha value is -0.350. The van der Waals surface area contributed by atoms with Gasteiger partial charge in [0.25, 0.3) is 0 Å². The minimum atomic E-state index is 0.612. The lowest BCUT2D eigenvalue weighted by molar-refractivity contribution is 0.706. The van der Waals surface area contributed by atoms with Gasteiger partial charge in [0.05, 0.1) is 6.20 Å². The minimum absolute atomic E-state index is 0.612. The summed E-state index contributed by atoms with van der Waals surface area (Å²) in [6, 6.07) is 0. The monoisotopic (exact) mass is 291 g/mol. The van der Waals surface area contributed by atoms with Crippen molar-refractivity contribution in [3.63, 3.8) is 0 Å². The smallest absolute Gasteiger partial charge is 0.150 e. The van der Waals surface area contributed by atoms with Gasteiger partial charge in [0.2, 0.25) is 0 Å². The van der Waals surface area contributed by atoms with Gasteiger partial charge in [0.1, 0.15) is 11.3 Å². The SMILES string of the molecule is CN(CCCCCBr)c1ncncc1Cl. The average molecular weight is 293 g/mol. The average Bonchev–Trinajstić information content (AvgIpc) is 2.25. The van der Waals surface area contributed by atoms with E-state index in [1.165, 1.54) is 19.2 Å². The van der Waals surface area contributed by atoms with E-state index in [0.717, 1.165) is 24.1 Å². The van der Waals surface area contributed by atoms with Gasteiger partial charge in [-0.1, -0.05) is 34.0 Å². The summed E-state index contributed by atoms with van der Waals surface area (Å²) in [5.41, 5.74) is 0. The minimum Gasteiger partial charge on any atom is -0.358 e. The fourth-order valence-corrected chi connectivity index (χ4v) is 1.96. The zero-order chi connectivity index (χ0) is 11.1. The van der Waals surface area contributed by atoms with Crippen LogP contribution in [0.5, 0.6) is 0 Å². The third kappa shape index (κ3) is 4.34. The summed E-state index contributed by atoms with van der Waals surface area (Å²) in [4.78, 5) is 10.1. The second kappa shape index (κ2) is 7.01. The molecule has 0 aliphatic carbocycles. The predicted molar refractivity (Wildman–Crippen MR) is 68.0 cm³/mol. The lowest BCUT2D eigenvalue weighted by Crippen LogP contribution is -2.20. The van der Waals surface area contributed by atoms with Gasteiger partial charge in [-0.25, -0.2) is 9.97 Å². The Morgan fingerprint density at radius 2 is 2.20 bits per heavy atom. The second-order valence-electron chi connectivity index (χ2n) is 3.37. The van der Waals surface area contributed by atoms with Crippen LogP contribution >= 0.6 is 27.5 Å². The molecule has 0 saturated heterocycles. The van der Waals surface area contributed by atoms with Gasteiger partial charge in [0.15, 0.2) is 5.82 Å². The molecule has 0 atom stereocenters. The van der Waals surface area contributed by atoms with Crippen LogP contribution in [0.2, 0.25) is 5.02 Å². The van der Waals surface area contributed by atoms with Crippen LogP contribution in [-0.4, -0.2) is 28.9 Å². The van der Waals surface area contributed by atoms with Gasteiger partial charge >= 0.3 is 0 Å². The van der Waals surface area contributed by atoms with Crippen molar-refractivity contribution in [2.24, 2.45) is 0 Å². The molecular weight excluding hydrogens is 277 g/mol. The number of hydrogen-bond acceptors (Lipinski definition) is 3. The zero-order valence-corrected chi connectivity index (χ0v) is 11.1. The Labute approximate surface area is 104 Å². The molecule has 3 nitrogen and oxygen atoms in total. The van der Waals surface area contributed by atoms with Crippen molar-refractivity contribution in [1.29, 1.82) is 0 Å². The number of halogens is 2. The summed E-state index contributed by atoms with van der Waals surface area (Å²) in [6.07, 6.45) is 6.74. The standard InChI is InChI=1S/C10H15BrClN3/c1-15(6-4-2-3-5-11)10-9(12)7-13-8-14-10/h7-8H,2-6H2,1H3. The van der Waals surface area contributed by atoms with Crippen molar-refractivity contribution in [2.45, 2.75) is 19.3 Å². The van der Waals surface area contributed by atoms with Gasteiger partial charge in [-0.2, -0.15) is 0 Å². The molecule has 0 radical (unpaired) electrons. The van der Waals surface area contributed by atoms with Crippen molar-refractivity contribution in [2.75, 3.05) is 23.8 Å². The summed E-state index contributed by atoms with van der Waals surface area (Å²) in [6.45, 7) is 0.976. The molecule has 1 aromatic heterocycles. The molecule has 0 bridgehead atoms. The lowest BCUT2D eigenvalue weighted by Gasteiger charge is -2.18. The van der Waals surface area contributed by atoms with E-state index >= 15 is 0 Å². The van der Waals surface area contributed by atoms with Crippen LogP contribution in [0, 0.1) is 0 Å². The number of nitrogens with zero attached hydrogens (tertiary/aromatic N) is 3. The quantitative estimate of drug-likeness (QED) is 0.596. The first kappa shape index (κ1) is 12.7. The van der Waals surface area contributed by atoms with Crippen LogP contribution in [0.3, 0.4) is 0 Å². The van der Waals surface area contributed by atoms with Crippen LogP contribution in [0.15, 0.2) is 12.5 Å². The first-order valence-electron chi connectivity index (χ1n) is 4.98. The van der Waals surface area contributed by atoms with E-state index in [4.69, 9.17) is 11.6 Å². The molecule has 1 heterocycles. The van der Waals surface area contributed by atoms with Crippen LogP contribution < -0.4 is 4.90 Å². The van der Waals surface area contributed by atoms with E-state index in [9.17, 15) is 0 Å². The molecule has 1 rings (SSSR count). The highest BCUT2D eigenvalue weighted by atomic mass is 79.9. The molecule has 0 fully saturated rings. The second-order valence-corrected chi connectivity index (χ2v) is 4.57. The lowest BCUT2D eigenvalue weighted by atomic mass is 10.2. The maximum Gasteiger partial charge on any atom is 0.150 e. The third-order valence-electron chi connectivity index (χ3n) is 2.14. The number of aromatic nitrogens is 2. The highest BCUT2D eigenvalue weighted by Crippen LogP contribution is 2.20. The van der Waals surface area contributed by atoms with E-state index in [0.29, 0.717) is 5.02 Å². The Morgan fingerprint density at radius 3 is 2.87 bits per heavy atom. The highest BCUT2D eigenvalue weighted by Gasteiger charge is 2.06. The van der Waals surface area contributed by atoms with Gasteiger partial charge in [-0.05, 0) is 12.8 Å². The Bertz CT molecular complexity index is 296. The molecule has 15 heavy (non-hydrogen) atoms. The highest BCUT2D eigenvalue weighted by molar-refractivity contribution is 9.09. The van der Waals surface area contributed by atoms with E-state index in [1.807, 2.05) is 7.05 Å². The maximum absolute atomic E-state index is 5.99. The van der Waals surface area contributed by atoms with Crippen LogP contribution in [0.25, 0.3) is 0 Å². The number of unbranched alkanes of at least 4 members (excludes halogenated alkanes) is 2. The summed E-state index contributed by atoms with van der Waals surface area (Å²) in [7, 11) is 2.00. The molecule has 0 spiro atoms. The largest absolute Gasteiger partial charge is 0.358 e. The number of anilines is 1. The van der Waals surface area contributed by atoms with Crippen LogP contribution in [0.4, 0.5) is 5.82 Å². The van der Waals surface area contributed by atoms with Gasteiger partial charge < -0.3 is 4.90 Å². The molecule has 1 aromatic rings. The number of rotatable bonds is 6. The molecule has 5 heteroatoms. The molecular formula is C10H15BrClN3. The summed E-state index contributed by atoms with van der Waals surface area (Å²) in [5.74, 6) is 0.811. The van der Waals surface area contributed by atoms with Crippen molar-refractivity contribution in [1.82, 2.24) is 9.97 Å². The van der Waals surface area contributed by atoms with E-state index in [2.05, 4.69) is 30.8 Å². The normalized spacial score (nSPS) is 10.3. The summed E-state index contributed by atoms with van der Waals surface area (Å²) >= 11 is 9.40. The van der Waals surface area contributed by atoms with Crippen molar-refractivity contribution in [3.05, 3.63) is 17.5 Å². The molecule has 84 valence electrons. The van der Waals surface area contributed by atoms with Crippen molar-refractivity contribution in [3.8, 4) is 0 Å². The molecule has 0 aliphatic heterocycles. The molecule has 0 amide bonds.